The fraction of sp³-hybridized carbons (Fsp3) is 0.731. The van der Waals surface area contributed by atoms with E-state index in [1.165, 1.54) is 32.1 Å². The third kappa shape index (κ3) is 3.07. The van der Waals surface area contributed by atoms with Crippen molar-refractivity contribution in [2.75, 3.05) is 6.61 Å². The van der Waals surface area contributed by atoms with Crippen molar-refractivity contribution in [2.45, 2.75) is 78.2 Å². The van der Waals surface area contributed by atoms with Crippen LogP contribution in [-0.4, -0.2) is 18.5 Å². The zero-order chi connectivity index (χ0) is 20.1. The van der Waals surface area contributed by atoms with Crippen LogP contribution in [0.3, 0.4) is 0 Å². The molecule has 0 N–H and O–H groups in total. The van der Waals surface area contributed by atoms with Gasteiger partial charge in [-0.1, -0.05) is 44.7 Å². The molecule has 0 radical (unpaired) electrons. The molecule has 0 spiro atoms. The third-order valence-electron chi connectivity index (χ3n) is 9.34. The van der Waals surface area contributed by atoms with Crippen molar-refractivity contribution >= 4 is 5.78 Å². The lowest BCUT2D eigenvalue weighted by Gasteiger charge is -2.58. The molecule has 0 aliphatic heterocycles. The Labute approximate surface area is 171 Å². The lowest BCUT2D eigenvalue weighted by molar-refractivity contribution is -0.127. The smallest absolute Gasteiger partial charge is 0.133 e. The number of ether oxygens (including phenoxy) is 1. The maximum atomic E-state index is 12.3. The Balaban J connectivity index is 1.51. The predicted molar refractivity (Wildman–Crippen MR) is 115 cm³/mol. The quantitative estimate of drug-likeness (QED) is 0.413. The first-order valence-electron chi connectivity index (χ1n) is 11.4. The van der Waals surface area contributed by atoms with Crippen molar-refractivity contribution in [3.8, 4) is 0 Å². The zero-order valence-corrected chi connectivity index (χ0v) is 18.1. The molecule has 154 valence electrons. The van der Waals surface area contributed by atoms with E-state index in [0.717, 1.165) is 42.6 Å². The van der Waals surface area contributed by atoms with Crippen LogP contribution in [0.15, 0.2) is 36.5 Å². The molecule has 0 saturated heterocycles. The van der Waals surface area contributed by atoms with Crippen LogP contribution in [0, 0.1) is 34.5 Å². The molecule has 0 aromatic heterocycles. The van der Waals surface area contributed by atoms with Crippen LogP contribution in [0.1, 0.15) is 72.1 Å². The molecule has 0 amide bonds. The summed E-state index contributed by atoms with van der Waals surface area (Å²) < 4.78 is 6.14. The Morgan fingerprint density at radius 2 is 2.00 bits per heavy atom. The lowest BCUT2D eigenvalue weighted by Crippen LogP contribution is -2.51. The van der Waals surface area contributed by atoms with Crippen LogP contribution in [-0.2, 0) is 9.53 Å². The van der Waals surface area contributed by atoms with Gasteiger partial charge in [0.15, 0.2) is 0 Å². The fourth-order valence-corrected chi connectivity index (χ4v) is 7.72. The number of Topliss-reactive ketones (excluding diaryl/α,β-unsaturated/α-hetero) is 1. The highest BCUT2D eigenvalue weighted by atomic mass is 16.5. The molecule has 7 unspecified atom stereocenters. The van der Waals surface area contributed by atoms with Gasteiger partial charge in [-0.3, -0.25) is 4.79 Å². The molecule has 0 aromatic rings. The minimum atomic E-state index is 0.250. The summed E-state index contributed by atoms with van der Waals surface area (Å²) in [5, 5.41) is 0. The summed E-state index contributed by atoms with van der Waals surface area (Å²) in [5.41, 5.74) is 3.21. The molecule has 4 aliphatic carbocycles. The zero-order valence-electron chi connectivity index (χ0n) is 18.1. The maximum absolute atomic E-state index is 12.3. The van der Waals surface area contributed by atoms with Crippen LogP contribution in [0.4, 0.5) is 0 Å². The largest absolute Gasteiger partial charge is 0.373 e. The summed E-state index contributed by atoms with van der Waals surface area (Å²) in [7, 11) is 0. The first-order chi connectivity index (χ1) is 13.3. The average molecular weight is 383 g/mol. The van der Waals surface area contributed by atoms with Crippen molar-refractivity contribution in [3.05, 3.63) is 36.5 Å². The Kier molecular flexibility index (Phi) is 5.23. The van der Waals surface area contributed by atoms with Crippen LogP contribution < -0.4 is 0 Å². The Hall–Kier alpha value is -1.15. The number of allylic oxidation sites excluding steroid dienone is 1. The van der Waals surface area contributed by atoms with E-state index in [1.54, 1.807) is 11.6 Å². The molecule has 0 aromatic carbocycles. The number of hydrogen-bond acceptors (Lipinski definition) is 2. The van der Waals surface area contributed by atoms with Gasteiger partial charge in [0.25, 0.3) is 0 Å². The van der Waals surface area contributed by atoms with Crippen LogP contribution in [0.2, 0.25) is 0 Å². The van der Waals surface area contributed by atoms with Gasteiger partial charge >= 0.3 is 0 Å². The van der Waals surface area contributed by atoms with Gasteiger partial charge in [-0.05, 0) is 92.4 Å². The second-order valence-electron chi connectivity index (χ2n) is 10.6. The highest BCUT2D eigenvalue weighted by Crippen LogP contribution is 2.66. The van der Waals surface area contributed by atoms with Crippen molar-refractivity contribution < 1.29 is 9.53 Å². The van der Waals surface area contributed by atoms with E-state index in [4.69, 9.17) is 4.74 Å². The SMILES string of the molecule is C=CC(=C)COC1CCC2(C)C(=CCC3C2CCC2(C)C(C(C)=O)CCC32)C1. The molecular weight excluding hydrogens is 344 g/mol. The van der Waals surface area contributed by atoms with E-state index in [2.05, 4.69) is 33.1 Å². The number of carbonyl (C=O) groups excluding carboxylic acids is 1. The highest BCUT2D eigenvalue weighted by molar-refractivity contribution is 5.79. The van der Waals surface area contributed by atoms with E-state index in [-0.39, 0.29) is 5.41 Å². The summed E-state index contributed by atoms with van der Waals surface area (Å²) in [6.07, 6.45) is 14.3. The molecule has 0 heterocycles. The van der Waals surface area contributed by atoms with Gasteiger partial charge in [0, 0.05) is 5.92 Å². The molecule has 7 atom stereocenters. The van der Waals surface area contributed by atoms with Crippen LogP contribution in [0.25, 0.3) is 0 Å². The molecule has 3 fully saturated rings. The minimum absolute atomic E-state index is 0.250. The first kappa shape index (κ1) is 20.1. The Morgan fingerprint density at radius 1 is 1.21 bits per heavy atom. The average Bonchev–Trinajstić information content (AvgIpc) is 3.03. The predicted octanol–water partition coefficient (Wildman–Crippen LogP) is 6.28. The first-order valence-corrected chi connectivity index (χ1v) is 11.4. The molecular formula is C26H38O2. The van der Waals surface area contributed by atoms with Gasteiger partial charge in [0.05, 0.1) is 12.7 Å². The van der Waals surface area contributed by atoms with E-state index in [1.807, 2.05) is 6.92 Å². The molecule has 2 nitrogen and oxygen atoms in total. The van der Waals surface area contributed by atoms with E-state index in [9.17, 15) is 4.79 Å². The number of fused-ring (bicyclic) bond motifs is 5. The third-order valence-corrected chi connectivity index (χ3v) is 9.34. The minimum Gasteiger partial charge on any atom is -0.373 e. The summed E-state index contributed by atoms with van der Waals surface area (Å²) in [5.74, 6) is 3.04. The summed E-state index contributed by atoms with van der Waals surface area (Å²) >= 11 is 0. The molecule has 3 saturated carbocycles. The summed E-state index contributed by atoms with van der Waals surface area (Å²) in [6.45, 7) is 15.2. The second kappa shape index (κ2) is 7.27. The van der Waals surface area contributed by atoms with E-state index < -0.39 is 0 Å². The van der Waals surface area contributed by atoms with Crippen LogP contribution >= 0.6 is 0 Å². The topological polar surface area (TPSA) is 26.3 Å². The van der Waals surface area contributed by atoms with Gasteiger partial charge in [0.2, 0.25) is 0 Å². The maximum Gasteiger partial charge on any atom is 0.133 e. The monoisotopic (exact) mass is 382 g/mol. The van der Waals surface area contributed by atoms with Gasteiger partial charge in [0.1, 0.15) is 5.78 Å². The highest BCUT2D eigenvalue weighted by Gasteiger charge is 2.59. The summed E-state index contributed by atoms with van der Waals surface area (Å²) in [4.78, 5) is 12.3. The lowest BCUT2D eigenvalue weighted by atomic mass is 9.47. The molecule has 28 heavy (non-hydrogen) atoms. The van der Waals surface area contributed by atoms with E-state index >= 15 is 0 Å². The van der Waals surface area contributed by atoms with E-state index in [0.29, 0.717) is 29.8 Å². The Morgan fingerprint density at radius 3 is 2.71 bits per heavy atom. The summed E-state index contributed by atoms with van der Waals surface area (Å²) in [6, 6.07) is 0. The fourth-order valence-electron chi connectivity index (χ4n) is 7.72. The van der Waals surface area contributed by atoms with Gasteiger partial charge in [-0.2, -0.15) is 0 Å². The molecule has 4 aliphatic rings. The van der Waals surface area contributed by atoms with Crippen LogP contribution in [0.5, 0.6) is 0 Å². The van der Waals surface area contributed by atoms with Crippen molar-refractivity contribution in [2.24, 2.45) is 34.5 Å². The van der Waals surface area contributed by atoms with Gasteiger partial charge in [-0.25, -0.2) is 0 Å². The molecule has 0 bridgehead atoms. The number of carbonyl (C=O) groups is 1. The van der Waals surface area contributed by atoms with Gasteiger partial charge in [-0.15, -0.1) is 0 Å². The van der Waals surface area contributed by atoms with Crippen molar-refractivity contribution in [1.82, 2.24) is 0 Å². The van der Waals surface area contributed by atoms with Gasteiger partial charge < -0.3 is 4.74 Å². The second-order valence-corrected chi connectivity index (χ2v) is 10.6. The number of rotatable bonds is 5. The molecule has 2 heteroatoms. The van der Waals surface area contributed by atoms with Crippen molar-refractivity contribution in [1.29, 1.82) is 0 Å². The number of hydrogen-bond donors (Lipinski definition) is 0. The Bertz CT molecular complexity index is 703. The molecule has 4 rings (SSSR count). The standard InChI is InChI=1S/C26H38O2/c1-6-17(2)16-28-20-11-13-25(4)19(15-20)7-8-21-23-10-9-22(18(3)27)26(23,5)14-12-24(21)25/h6-7,20-24H,1-2,8-16H2,3-5H3. The van der Waals surface area contributed by atoms with Crippen molar-refractivity contribution in [3.63, 3.8) is 0 Å². The number of ketones is 1. The normalized spacial score (nSPS) is 44.7.